The molecule has 0 bridgehead atoms. The highest BCUT2D eigenvalue weighted by atomic mass is 16.5. The van der Waals surface area contributed by atoms with Gasteiger partial charge >= 0.3 is 0 Å². The number of hydrogen-bond donors (Lipinski definition) is 1. The summed E-state index contributed by atoms with van der Waals surface area (Å²) in [6.45, 7) is 9.58. The van der Waals surface area contributed by atoms with E-state index in [4.69, 9.17) is 9.15 Å². The summed E-state index contributed by atoms with van der Waals surface area (Å²) in [4.78, 5) is 6.56. The fraction of sp³-hybridized carbons (Fsp3) is 0.750. The minimum absolute atomic E-state index is 0.278. The summed E-state index contributed by atoms with van der Waals surface area (Å²) in [5, 5.41) is 3.32. The number of rotatable bonds is 5. The molecule has 1 aliphatic rings. The number of likely N-dealkylation sites (N-methyl/N-ethyl adjacent to an activating group) is 1. The van der Waals surface area contributed by atoms with Crippen LogP contribution in [-0.4, -0.2) is 48.8 Å². The second kappa shape index (κ2) is 6.14. The predicted octanol–water partition coefficient (Wildman–Crippen LogP) is 0.793. The van der Waals surface area contributed by atoms with Crippen LogP contribution in [0.5, 0.6) is 0 Å². The third-order valence-electron chi connectivity index (χ3n) is 2.99. The van der Waals surface area contributed by atoms with Crippen molar-refractivity contribution in [3.8, 4) is 0 Å². The highest BCUT2D eigenvalue weighted by Crippen LogP contribution is 2.05. The van der Waals surface area contributed by atoms with E-state index in [2.05, 4.69) is 22.1 Å². The van der Waals surface area contributed by atoms with E-state index in [9.17, 15) is 0 Å². The number of hydrogen-bond acceptors (Lipinski definition) is 5. The van der Waals surface area contributed by atoms with Gasteiger partial charge < -0.3 is 14.5 Å². The quantitative estimate of drug-likeness (QED) is 0.823. The molecular weight excluding hydrogens is 218 g/mol. The van der Waals surface area contributed by atoms with E-state index in [0.717, 1.165) is 44.4 Å². The Balaban J connectivity index is 1.68. The molecule has 5 nitrogen and oxygen atoms in total. The van der Waals surface area contributed by atoms with E-state index in [1.807, 2.05) is 6.92 Å². The van der Waals surface area contributed by atoms with Crippen molar-refractivity contribution in [1.82, 2.24) is 15.2 Å². The van der Waals surface area contributed by atoms with E-state index in [0.29, 0.717) is 6.54 Å². The molecule has 2 rings (SSSR count). The van der Waals surface area contributed by atoms with Gasteiger partial charge in [-0.15, -0.1) is 0 Å². The van der Waals surface area contributed by atoms with Gasteiger partial charge in [-0.05, 0) is 13.5 Å². The topological polar surface area (TPSA) is 50.5 Å². The van der Waals surface area contributed by atoms with Gasteiger partial charge in [0.05, 0.1) is 25.5 Å². The van der Waals surface area contributed by atoms with Crippen molar-refractivity contribution < 1.29 is 9.15 Å². The fourth-order valence-electron chi connectivity index (χ4n) is 2.01. The maximum absolute atomic E-state index is 5.70. The number of morpholine rings is 1. The number of ether oxygens (including phenoxy) is 1. The van der Waals surface area contributed by atoms with Crippen LogP contribution in [0.1, 0.15) is 18.6 Å². The predicted molar refractivity (Wildman–Crippen MR) is 64.8 cm³/mol. The van der Waals surface area contributed by atoms with Gasteiger partial charge in [-0.25, -0.2) is 4.98 Å². The number of oxazole rings is 1. The van der Waals surface area contributed by atoms with Gasteiger partial charge in [0.25, 0.3) is 0 Å². The summed E-state index contributed by atoms with van der Waals surface area (Å²) in [6.07, 6.45) is 2.02. The second-order valence-electron chi connectivity index (χ2n) is 4.38. The highest BCUT2D eigenvalue weighted by molar-refractivity contribution is 4.90. The van der Waals surface area contributed by atoms with Crippen LogP contribution >= 0.6 is 0 Å². The lowest BCUT2D eigenvalue weighted by Gasteiger charge is -2.32. The summed E-state index contributed by atoms with van der Waals surface area (Å²) in [5.41, 5.74) is 0. The van der Waals surface area contributed by atoms with Gasteiger partial charge in [0.15, 0.2) is 0 Å². The van der Waals surface area contributed by atoms with Crippen molar-refractivity contribution in [2.75, 3.05) is 32.8 Å². The molecule has 1 atom stereocenters. The maximum atomic E-state index is 5.70. The van der Waals surface area contributed by atoms with Gasteiger partial charge in [0.1, 0.15) is 5.76 Å². The molecule has 0 aliphatic carbocycles. The van der Waals surface area contributed by atoms with Crippen LogP contribution in [0.2, 0.25) is 0 Å². The summed E-state index contributed by atoms with van der Waals surface area (Å²) < 4.78 is 11.1. The van der Waals surface area contributed by atoms with E-state index >= 15 is 0 Å². The summed E-state index contributed by atoms with van der Waals surface area (Å²) in [7, 11) is 0. The average molecular weight is 239 g/mol. The molecule has 1 saturated heterocycles. The van der Waals surface area contributed by atoms with Crippen LogP contribution in [0.15, 0.2) is 10.6 Å². The molecule has 96 valence electrons. The molecule has 1 aromatic heterocycles. The number of aromatic nitrogens is 1. The number of nitrogens with one attached hydrogen (secondary N) is 1. The molecule has 1 aromatic rings. The van der Waals surface area contributed by atoms with Crippen LogP contribution in [-0.2, 0) is 11.3 Å². The van der Waals surface area contributed by atoms with Crippen molar-refractivity contribution in [3.63, 3.8) is 0 Å². The van der Waals surface area contributed by atoms with Gasteiger partial charge in [-0.3, -0.25) is 4.90 Å². The van der Waals surface area contributed by atoms with Crippen molar-refractivity contribution in [1.29, 1.82) is 0 Å². The van der Waals surface area contributed by atoms with Gasteiger partial charge in [0.2, 0.25) is 5.89 Å². The van der Waals surface area contributed by atoms with E-state index < -0.39 is 0 Å². The Bertz CT molecular complexity index is 340. The fourth-order valence-corrected chi connectivity index (χ4v) is 2.01. The lowest BCUT2D eigenvalue weighted by atomic mass is 10.2. The Labute approximate surface area is 102 Å². The summed E-state index contributed by atoms with van der Waals surface area (Å²) in [6, 6.07) is 0. The second-order valence-corrected chi connectivity index (χ2v) is 4.38. The SMILES string of the molecule is CCN1CCOC(CNCc2ncc(C)o2)C1. The Morgan fingerprint density at radius 3 is 3.18 bits per heavy atom. The van der Waals surface area contributed by atoms with Crippen molar-refractivity contribution >= 4 is 0 Å². The first kappa shape index (κ1) is 12.5. The van der Waals surface area contributed by atoms with E-state index in [-0.39, 0.29) is 6.10 Å². The zero-order valence-electron chi connectivity index (χ0n) is 10.6. The van der Waals surface area contributed by atoms with Crippen molar-refractivity contribution in [2.45, 2.75) is 26.5 Å². The summed E-state index contributed by atoms with van der Waals surface area (Å²) in [5.74, 6) is 1.60. The van der Waals surface area contributed by atoms with Crippen molar-refractivity contribution in [2.24, 2.45) is 0 Å². The smallest absolute Gasteiger partial charge is 0.208 e. The average Bonchev–Trinajstić information content (AvgIpc) is 2.75. The maximum Gasteiger partial charge on any atom is 0.208 e. The normalized spacial score (nSPS) is 21.9. The molecule has 0 spiro atoms. The Kier molecular flexibility index (Phi) is 4.53. The Morgan fingerprint density at radius 2 is 2.47 bits per heavy atom. The molecule has 0 amide bonds. The van der Waals surface area contributed by atoms with Crippen LogP contribution < -0.4 is 5.32 Å². The van der Waals surface area contributed by atoms with E-state index in [1.165, 1.54) is 0 Å². The monoisotopic (exact) mass is 239 g/mol. The first-order valence-electron chi connectivity index (χ1n) is 6.24. The zero-order chi connectivity index (χ0) is 12.1. The summed E-state index contributed by atoms with van der Waals surface area (Å²) >= 11 is 0. The minimum atomic E-state index is 0.278. The molecular formula is C12H21N3O2. The zero-order valence-corrected chi connectivity index (χ0v) is 10.6. The van der Waals surface area contributed by atoms with Gasteiger partial charge in [-0.1, -0.05) is 6.92 Å². The number of nitrogens with zero attached hydrogens (tertiary/aromatic N) is 2. The lowest BCUT2D eigenvalue weighted by molar-refractivity contribution is -0.0255. The minimum Gasteiger partial charge on any atom is -0.445 e. The Hall–Kier alpha value is -0.910. The van der Waals surface area contributed by atoms with Crippen LogP contribution in [0, 0.1) is 6.92 Å². The molecule has 1 fully saturated rings. The van der Waals surface area contributed by atoms with Crippen molar-refractivity contribution in [3.05, 3.63) is 17.8 Å². The number of aryl methyl sites for hydroxylation is 1. The third kappa shape index (κ3) is 3.80. The molecule has 17 heavy (non-hydrogen) atoms. The van der Waals surface area contributed by atoms with E-state index in [1.54, 1.807) is 6.20 Å². The molecule has 0 saturated carbocycles. The molecule has 0 aromatic carbocycles. The van der Waals surface area contributed by atoms with Crippen LogP contribution in [0.4, 0.5) is 0 Å². The van der Waals surface area contributed by atoms with Crippen LogP contribution in [0.25, 0.3) is 0 Å². The highest BCUT2D eigenvalue weighted by Gasteiger charge is 2.18. The molecule has 5 heteroatoms. The lowest BCUT2D eigenvalue weighted by Crippen LogP contribution is -2.46. The largest absolute Gasteiger partial charge is 0.445 e. The van der Waals surface area contributed by atoms with Gasteiger partial charge in [0, 0.05) is 19.6 Å². The molecule has 0 radical (unpaired) electrons. The third-order valence-corrected chi connectivity index (χ3v) is 2.99. The first-order valence-corrected chi connectivity index (χ1v) is 6.24. The molecule has 2 heterocycles. The molecule has 1 unspecified atom stereocenters. The Morgan fingerprint density at radius 1 is 1.59 bits per heavy atom. The van der Waals surface area contributed by atoms with Crippen LogP contribution in [0.3, 0.4) is 0 Å². The first-order chi connectivity index (χ1) is 8.28. The van der Waals surface area contributed by atoms with Gasteiger partial charge in [-0.2, -0.15) is 0 Å². The molecule has 1 aliphatic heterocycles. The standard InChI is InChI=1S/C12H21N3O2/c1-3-15-4-5-16-11(9-15)7-13-8-12-14-6-10(2)17-12/h6,11,13H,3-5,7-9H2,1-2H3. The molecule has 1 N–H and O–H groups in total.